The molecular formula is C14H19N3O4. The van der Waals surface area contributed by atoms with Gasteiger partial charge in [-0.15, -0.1) is 0 Å². The van der Waals surface area contributed by atoms with Crippen molar-refractivity contribution in [3.05, 3.63) is 23.8 Å². The zero-order chi connectivity index (χ0) is 15.4. The molecule has 1 atom stereocenters. The molecule has 1 saturated heterocycles. The summed E-state index contributed by atoms with van der Waals surface area (Å²) in [5.41, 5.74) is 7.78. The van der Waals surface area contributed by atoms with Crippen LogP contribution in [0.1, 0.15) is 16.8 Å². The van der Waals surface area contributed by atoms with Gasteiger partial charge in [0, 0.05) is 13.1 Å². The number of alkyl carbamates (subject to hydrolysis) is 1. The lowest BCUT2D eigenvalue weighted by molar-refractivity contribution is 0.0600. The van der Waals surface area contributed by atoms with E-state index in [0.717, 1.165) is 18.7 Å². The summed E-state index contributed by atoms with van der Waals surface area (Å²) in [6, 6.07) is 5.02. The van der Waals surface area contributed by atoms with Crippen molar-refractivity contribution < 1.29 is 19.1 Å². The van der Waals surface area contributed by atoms with Crippen LogP contribution in [0.15, 0.2) is 18.2 Å². The third kappa shape index (κ3) is 3.36. The summed E-state index contributed by atoms with van der Waals surface area (Å²) in [5.74, 6) is -0.403. The predicted octanol–water partition coefficient (Wildman–Crippen LogP) is 0.990. The molecule has 0 aromatic heterocycles. The van der Waals surface area contributed by atoms with Gasteiger partial charge >= 0.3 is 12.1 Å². The number of ether oxygens (including phenoxy) is 2. The van der Waals surface area contributed by atoms with Crippen molar-refractivity contribution in [2.45, 2.75) is 12.5 Å². The highest BCUT2D eigenvalue weighted by Gasteiger charge is 2.26. The SMILES string of the molecule is COC(=O)NC1CCN(c2cc(C(=O)OC)ccc2N)C1. The average molecular weight is 293 g/mol. The fraction of sp³-hybridized carbons (Fsp3) is 0.429. The van der Waals surface area contributed by atoms with Crippen molar-refractivity contribution in [2.75, 3.05) is 37.9 Å². The number of rotatable bonds is 3. The Balaban J connectivity index is 2.12. The molecule has 7 nitrogen and oxygen atoms in total. The number of esters is 1. The molecule has 3 N–H and O–H groups in total. The summed E-state index contributed by atoms with van der Waals surface area (Å²) in [6.45, 7) is 1.35. The molecule has 0 spiro atoms. The van der Waals surface area contributed by atoms with Gasteiger partial charge in [-0.3, -0.25) is 0 Å². The van der Waals surface area contributed by atoms with E-state index in [1.165, 1.54) is 14.2 Å². The molecule has 21 heavy (non-hydrogen) atoms. The molecule has 114 valence electrons. The molecule has 1 amide bonds. The first-order chi connectivity index (χ1) is 10.0. The molecule has 2 rings (SSSR count). The second-order valence-electron chi connectivity index (χ2n) is 4.83. The smallest absolute Gasteiger partial charge is 0.407 e. The van der Waals surface area contributed by atoms with Crippen LogP contribution < -0.4 is 16.0 Å². The lowest BCUT2D eigenvalue weighted by atomic mass is 10.1. The number of benzene rings is 1. The van der Waals surface area contributed by atoms with Gasteiger partial charge in [0.1, 0.15) is 0 Å². The van der Waals surface area contributed by atoms with Crippen LogP contribution in [0.5, 0.6) is 0 Å². The Morgan fingerprint density at radius 3 is 2.76 bits per heavy atom. The van der Waals surface area contributed by atoms with Crippen LogP contribution in [0.2, 0.25) is 0 Å². The van der Waals surface area contributed by atoms with Gasteiger partial charge in [-0.1, -0.05) is 0 Å². The first kappa shape index (κ1) is 15.0. The fourth-order valence-electron chi connectivity index (χ4n) is 2.38. The van der Waals surface area contributed by atoms with Crippen LogP contribution >= 0.6 is 0 Å². The number of hydrogen-bond acceptors (Lipinski definition) is 6. The van der Waals surface area contributed by atoms with Crippen LogP contribution in [0.3, 0.4) is 0 Å². The predicted molar refractivity (Wildman–Crippen MR) is 78.4 cm³/mol. The Bertz CT molecular complexity index is 547. The van der Waals surface area contributed by atoms with Crippen molar-refractivity contribution in [3.8, 4) is 0 Å². The zero-order valence-corrected chi connectivity index (χ0v) is 12.1. The Morgan fingerprint density at radius 2 is 2.10 bits per heavy atom. The largest absolute Gasteiger partial charge is 0.465 e. The zero-order valence-electron chi connectivity index (χ0n) is 12.1. The van der Waals surface area contributed by atoms with E-state index in [9.17, 15) is 9.59 Å². The quantitative estimate of drug-likeness (QED) is 0.637. The average Bonchev–Trinajstić information content (AvgIpc) is 2.95. The molecule has 1 heterocycles. The summed E-state index contributed by atoms with van der Waals surface area (Å²) in [7, 11) is 2.67. The van der Waals surface area contributed by atoms with Crippen LogP contribution in [0.25, 0.3) is 0 Å². The van der Waals surface area contributed by atoms with Gasteiger partial charge in [0.25, 0.3) is 0 Å². The van der Waals surface area contributed by atoms with Crippen molar-refractivity contribution in [1.29, 1.82) is 0 Å². The van der Waals surface area contributed by atoms with Gasteiger partial charge in [-0.25, -0.2) is 9.59 Å². The molecular weight excluding hydrogens is 274 g/mol. The minimum absolute atomic E-state index is 0.00127. The number of nitrogen functional groups attached to an aromatic ring is 1. The molecule has 1 aliphatic rings. The van der Waals surface area contributed by atoms with E-state index in [0.29, 0.717) is 17.8 Å². The number of nitrogens with zero attached hydrogens (tertiary/aromatic N) is 1. The Kier molecular flexibility index (Phi) is 4.52. The summed E-state index contributed by atoms with van der Waals surface area (Å²) in [4.78, 5) is 24.8. The van der Waals surface area contributed by atoms with Crippen molar-refractivity contribution in [2.24, 2.45) is 0 Å². The Hall–Kier alpha value is -2.44. The Labute approximate surface area is 123 Å². The summed E-state index contributed by atoms with van der Waals surface area (Å²) >= 11 is 0. The summed E-state index contributed by atoms with van der Waals surface area (Å²) < 4.78 is 9.30. The number of nitrogens with two attached hydrogens (primary N) is 1. The topological polar surface area (TPSA) is 93.9 Å². The summed E-state index contributed by atoms with van der Waals surface area (Å²) in [6.07, 6.45) is 0.343. The Morgan fingerprint density at radius 1 is 1.33 bits per heavy atom. The highest BCUT2D eigenvalue weighted by Crippen LogP contribution is 2.28. The normalized spacial score (nSPS) is 17.4. The van der Waals surface area contributed by atoms with E-state index in [-0.39, 0.29) is 6.04 Å². The van der Waals surface area contributed by atoms with Crippen LogP contribution in [-0.2, 0) is 9.47 Å². The molecule has 1 aromatic rings. The van der Waals surface area contributed by atoms with E-state index < -0.39 is 12.1 Å². The molecule has 0 bridgehead atoms. The number of carbonyl (C=O) groups is 2. The molecule has 1 aliphatic heterocycles. The van der Waals surface area contributed by atoms with Gasteiger partial charge < -0.3 is 25.4 Å². The first-order valence-electron chi connectivity index (χ1n) is 6.62. The number of hydrogen-bond donors (Lipinski definition) is 2. The fourth-order valence-corrected chi connectivity index (χ4v) is 2.38. The lowest BCUT2D eigenvalue weighted by Gasteiger charge is -2.21. The second-order valence-corrected chi connectivity index (χ2v) is 4.83. The maximum absolute atomic E-state index is 11.6. The van der Waals surface area contributed by atoms with Crippen LogP contribution in [-0.4, -0.2) is 45.4 Å². The second kappa shape index (κ2) is 6.34. The van der Waals surface area contributed by atoms with E-state index in [2.05, 4.69) is 10.1 Å². The molecule has 0 saturated carbocycles. The number of carbonyl (C=O) groups excluding carboxylic acids is 2. The monoisotopic (exact) mass is 293 g/mol. The third-order valence-corrected chi connectivity index (χ3v) is 3.49. The van der Waals surface area contributed by atoms with Gasteiger partial charge in [0.05, 0.1) is 37.2 Å². The lowest BCUT2D eigenvalue weighted by Crippen LogP contribution is -2.37. The van der Waals surface area contributed by atoms with E-state index >= 15 is 0 Å². The number of anilines is 2. The minimum atomic E-state index is -0.446. The van der Waals surface area contributed by atoms with Crippen LogP contribution in [0, 0.1) is 0 Å². The van der Waals surface area contributed by atoms with Crippen LogP contribution in [0.4, 0.5) is 16.2 Å². The molecule has 1 unspecified atom stereocenters. The molecule has 0 aliphatic carbocycles. The van der Waals surface area contributed by atoms with Gasteiger partial charge in [0.15, 0.2) is 0 Å². The first-order valence-corrected chi connectivity index (χ1v) is 6.62. The maximum Gasteiger partial charge on any atom is 0.407 e. The van der Waals surface area contributed by atoms with Gasteiger partial charge in [-0.05, 0) is 24.6 Å². The minimum Gasteiger partial charge on any atom is -0.465 e. The van der Waals surface area contributed by atoms with E-state index in [1.807, 2.05) is 4.90 Å². The summed E-state index contributed by atoms with van der Waals surface area (Å²) in [5, 5.41) is 2.76. The highest BCUT2D eigenvalue weighted by atomic mass is 16.5. The van der Waals surface area contributed by atoms with E-state index in [4.69, 9.17) is 10.5 Å². The van der Waals surface area contributed by atoms with Crippen molar-refractivity contribution >= 4 is 23.4 Å². The van der Waals surface area contributed by atoms with Crippen molar-refractivity contribution in [1.82, 2.24) is 5.32 Å². The standard InChI is InChI=1S/C14H19N3O4/c1-20-13(18)9-3-4-11(15)12(7-9)17-6-5-10(8-17)16-14(19)21-2/h3-4,7,10H,5-6,8,15H2,1-2H3,(H,16,19). The maximum atomic E-state index is 11.6. The number of amides is 1. The number of methoxy groups -OCH3 is 2. The van der Waals surface area contributed by atoms with Gasteiger partial charge in [0.2, 0.25) is 0 Å². The number of nitrogens with one attached hydrogen (secondary N) is 1. The van der Waals surface area contributed by atoms with Crippen molar-refractivity contribution in [3.63, 3.8) is 0 Å². The van der Waals surface area contributed by atoms with E-state index in [1.54, 1.807) is 18.2 Å². The molecule has 1 fully saturated rings. The third-order valence-electron chi connectivity index (χ3n) is 3.49. The van der Waals surface area contributed by atoms with Gasteiger partial charge in [-0.2, -0.15) is 0 Å². The molecule has 0 radical (unpaired) electrons. The molecule has 1 aromatic carbocycles. The highest BCUT2D eigenvalue weighted by molar-refractivity contribution is 5.92. The molecule has 7 heteroatoms.